The summed E-state index contributed by atoms with van der Waals surface area (Å²) in [6, 6.07) is 0. The molecule has 0 aromatic heterocycles. The molecule has 1 N–H and O–H groups in total. The van der Waals surface area contributed by atoms with Crippen LogP contribution in [0.1, 0.15) is 213 Å². The van der Waals surface area contributed by atoms with Crippen molar-refractivity contribution in [3.05, 3.63) is 109 Å². The molecule has 0 aromatic carbocycles. The Balaban J connectivity index is 4.25. The van der Waals surface area contributed by atoms with Crippen LogP contribution in [0.25, 0.3) is 0 Å². The number of rotatable bonds is 51. The lowest BCUT2D eigenvalue weighted by Crippen LogP contribution is -2.40. The first kappa shape index (κ1) is 68.0. The van der Waals surface area contributed by atoms with Crippen molar-refractivity contribution in [1.29, 1.82) is 0 Å². The Kier molecular flexibility index (Phi) is 50.3. The predicted octanol–water partition coefficient (Wildman–Crippen LogP) is 16.7. The second-order valence-corrected chi connectivity index (χ2v) is 19.9. The third-order valence-electron chi connectivity index (χ3n) is 11.8. The Labute approximate surface area is 441 Å². The van der Waals surface area contributed by atoms with Crippen molar-refractivity contribution >= 4 is 17.9 Å². The number of likely N-dealkylation sites (N-methyl/N-ethyl adjacent to an activating group) is 1. The first-order valence-corrected chi connectivity index (χ1v) is 28.6. The largest absolute Gasteiger partial charge is 0.477 e. The van der Waals surface area contributed by atoms with Gasteiger partial charge in [0.1, 0.15) is 13.2 Å². The highest BCUT2D eigenvalue weighted by Gasteiger charge is 2.25. The maximum atomic E-state index is 12.9. The Bertz CT molecular complexity index is 1540. The van der Waals surface area contributed by atoms with E-state index >= 15 is 0 Å². The minimum absolute atomic E-state index is 0.179. The van der Waals surface area contributed by atoms with Crippen molar-refractivity contribution in [3.63, 3.8) is 0 Å². The number of aliphatic carboxylic acids is 1. The van der Waals surface area contributed by atoms with E-state index in [0.29, 0.717) is 17.4 Å². The van der Waals surface area contributed by atoms with Gasteiger partial charge in [0, 0.05) is 12.8 Å². The van der Waals surface area contributed by atoms with Crippen molar-refractivity contribution in [2.75, 3.05) is 47.5 Å². The fraction of sp³-hybridized carbons (Fsp3) is 0.667. The van der Waals surface area contributed by atoms with E-state index < -0.39 is 24.3 Å². The number of nitrogens with zero attached hydrogens (tertiary/aromatic N) is 1. The molecule has 0 fully saturated rings. The smallest absolute Gasteiger partial charge is 0.361 e. The van der Waals surface area contributed by atoms with Gasteiger partial charge in [0.15, 0.2) is 6.10 Å². The van der Waals surface area contributed by atoms with E-state index in [9.17, 15) is 19.5 Å². The normalized spacial score (nSPS) is 13.6. The van der Waals surface area contributed by atoms with Crippen LogP contribution in [0.5, 0.6) is 0 Å². The Morgan fingerprint density at radius 1 is 0.431 bits per heavy atom. The molecule has 410 valence electrons. The predicted molar refractivity (Wildman–Crippen MR) is 304 cm³/mol. The van der Waals surface area contributed by atoms with E-state index in [1.54, 1.807) is 0 Å². The van der Waals surface area contributed by atoms with Crippen LogP contribution in [-0.2, 0) is 33.3 Å². The summed E-state index contributed by atoms with van der Waals surface area (Å²) < 4.78 is 22.8. The molecule has 0 aliphatic heterocycles. The average Bonchev–Trinajstić information content (AvgIpc) is 3.35. The monoisotopic (exact) mass is 1000 g/mol. The van der Waals surface area contributed by atoms with Gasteiger partial charge in [-0.1, -0.05) is 207 Å². The van der Waals surface area contributed by atoms with Gasteiger partial charge in [-0.15, -0.1) is 0 Å². The molecular formula is C63H106NO8+. The molecular weight excluding hydrogens is 899 g/mol. The van der Waals surface area contributed by atoms with Crippen molar-refractivity contribution < 1.29 is 42.9 Å². The minimum atomic E-state index is -1.52. The summed E-state index contributed by atoms with van der Waals surface area (Å²) in [5.41, 5.74) is 0. The second-order valence-electron chi connectivity index (χ2n) is 19.9. The molecule has 0 rings (SSSR count). The molecule has 0 bridgehead atoms. The van der Waals surface area contributed by atoms with Crippen molar-refractivity contribution in [3.8, 4) is 0 Å². The summed E-state index contributed by atoms with van der Waals surface area (Å²) in [5.74, 6) is -2.04. The van der Waals surface area contributed by atoms with Crippen LogP contribution in [0, 0.1) is 0 Å². The average molecular weight is 1010 g/mol. The lowest BCUT2D eigenvalue weighted by molar-refractivity contribution is -0.870. The van der Waals surface area contributed by atoms with Gasteiger partial charge >= 0.3 is 17.9 Å². The van der Waals surface area contributed by atoms with E-state index in [2.05, 4.69) is 123 Å². The quantitative estimate of drug-likeness (QED) is 0.0211. The summed E-state index contributed by atoms with van der Waals surface area (Å²) in [6.07, 6.45) is 70.2. The SMILES string of the molecule is CC/C=C\C/C=C\C/C=C\C/C=C\C/C=C\C/C=C\C/C=C\C/C=C\CCCCCCCCCCC(=O)OC(COC(=O)CCCCCCC/C=C\CCCCCCC)COC(OCC[N+](C)(C)C)C(=O)O. The molecule has 0 spiro atoms. The van der Waals surface area contributed by atoms with E-state index in [1.165, 1.54) is 64.2 Å². The maximum Gasteiger partial charge on any atom is 0.361 e. The lowest BCUT2D eigenvalue weighted by atomic mass is 10.1. The molecule has 9 heteroatoms. The molecule has 0 aliphatic carbocycles. The second kappa shape index (κ2) is 53.2. The first-order valence-electron chi connectivity index (χ1n) is 28.6. The summed E-state index contributed by atoms with van der Waals surface area (Å²) in [5, 5.41) is 9.69. The number of esters is 2. The zero-order chi connectivity index (χ0) is 52.7. The van der Waals surface area contributed by atoms with Crippen LogP contribution in [0.3, 0.4) is 0 Å². The first-order chi connectivity index (χ1) is 35.1. The van der Waals surface area contributed by atoms with Crippen LogP contribution in [0.15, 0.2) is 109 Å². The Morgan fingerprint density at radius 3 is 1.19 bits per heavy atom. The fourth-order valence-electron chi connectivity index (χ4n) is 7.38. The highest BCUT2D eigenvalue weighted by molar-refractivity contribution is 5.71. The van der Waals surface area contributed by atoms with Crippen LogP contribution in [0.4, 0.5) is 0 Å². The molecule has 0 aromatic rings. The minimum Gasteiger partial charge on any atom is -0.477 e. The van der Waals surface area contributed by atoms with E-state index in [0.717, 1.165) is 116 Å². The highest BCUT2D eigenvalue weighted by atomic mass is 16.7. The standard InChI is InChI=1S/C63H105NO8/c1-6-8-10-12-14-16-18-20-22-23-24-25-26-27-28-29-30-31-32-33-34-35-36-37-38-39-40-42-44-46-48-50-52-54-61(66)72-59(58-71-63(62(67)68)69-56-55-64(3,4)5)57-70-60(65)53-51-49-47-45-43-41-21-19-17-15-13-11-9-7-2/h8,10,14,16,19-22,24-25,27-28,30-31,33-34,36-37,59,63H,6-7,9,11-13,15,17-18,23,26,29,32,35,38-58H2,1-5H3/p+1/b10-8-,16-14-,21-19-,22-20-,25-24-,28-27-,31-30-,34-33-,37-36-. The number of quaternary nitrogens is 1. The van der Waals surface area contributed by atoms with E-state index in [1.807, 2.05) is 21.1 Å². The van der Waals surface area contributed by atoms with E-state index in [-0.39, 0.29) is 38.6 Å². The van der Waals surface area contributed by atoms with Crippen molar-refractivity contribution in [2.45, 2.75) is 225 Å². The van der Waals surface area contributed by atoms with Gasteiger partial charge in [0.25, 0.3) is 6.29 Å². The number of hydrogen-bond acceptors (Lipinski definition) is 7. The van der Waals surface area contributed by atoms with Gasteiger partial charge in [0.2, 0.25) is 0 Å². The third kappa shape index (κ3) is 53.7. The number of allylic oxidation sites excluding steroid dienone is 18. The third-order valence-corrected chi connectivity index (χ3v) is 11.8. The van der Waals surface area contributed by atoms with Crippen molar-refractivity contribution in [1.82, 2.24) is 0 Å². The highest BCUT2D eigenvalue weighted by Crippen LogP contribution is 2.14. The molecule has 0 amide bonds. The van der Waals surface area contributed by atoms with Gasteiger partial charge in [-0.05, 0) is 103 Å². The number of hydrogen-bond donors (Lipinski definition) is 1. The van der Waals surface area contributed by atoms with Gasteiger partial charge in [0.05, 0.1) is 34.4 Å². The summed E-state index contributed by atoms with van der Waals surface area (Å²) in [4.78, 5) is 37.3. The molecule has 9 nitrogen and oxygen atoms in total. The summed E-state index contributed by atoms with van der Waals surface area (Å²) in [6.45, 7) is 4.72. The molecule has 0 saturated carbocycles. The van der Waals surface area contributed by atoms with E-state index in [4.69, 9.17) is 18.9 Å². The van der Waals surface area contributed by atoms with Crippen LogP contribution < -0.4 is 0 Å². The Hall–Kier alpha value is -4.05. The molecule has 0 radical (unpaired) electrons. The lowest BCUT2D eigenvalue weighted by Gasteiger charge is -2.25. The molecule has 72 heavy (non-hydrogen) atoms. The molecule has 2 unspecified atom stereocenters. The van der Waals surface area contributed by atoms with Crippen LogP contribution in [-0.4, -0.2) is 87.4 Å². The number of carbonyl (C=O) groups excluding carboxylic acids is 2. The van der Waals surface area contributed by atoms with Gasteiger partial charge in [-0.25, -0.2) is 4.79 Å². The van der Waals surface area contributed by atoms with Crippen LogP contribution >= 0.6 is 0 Å². The van der Waals surface area contributed by atoms with Gasteiger partial charge < -0.3 is 28.5 Å². The van der Waals surface area contributed by atoms with Gasteiger partial charge in [-0.2, -0.15) is 0 Å². The maximum absolute atomic E-state index is 12.9. The van der Waals surface area contributed by atoms with Gasteiger partial charge in [-0.3, -0.25) is 9.59 Å². The van der Waals surface area contributed by atoms with Crippen LogP contribution in [0.2, 0.25) is 0 Å². The molecule has 0 aliphatic rings. The topological polar surface area (TPSA) is 108 Å². The zero-order valence-corrected chi connectivity index (χ0v) is 46.5. The molecule has 0 saturated heterocycles. The number of ether oxygens (including phenoxy) is 4. The zero-order valence-electron chi connectivity index (χ0n) is 46.5. The number of carboxylic acids is 1. The number of carboxylic acid groups (broad SMARTS) is 1. The number of unbranched alkanes of at least 4 members (excludes halogenated alkanes) is 18. The molecule has 0 heterocycles. The summed E-state index contributed by atoms with van der Waals surface area (Å²) >= 11 is 0. The Morgan fingerprint density at radius 2 is 0.792 bits per heavy atom. The fourth-order valence-corrected chi connectivity index (χ4v) is 7.38. The summed E-state index contributed by atoms with van der Waals surface area (Å²) in [7, 11) is 5.95. The van der Waals surface area contributed by atoms with Crippen molar-refractivity contribution in [2.24, 2.45) is 0 Å². The molecule has 2 atom stereocenters. The number of carbonyl (C=O) groups is 3.